The van der Waals surface area contributed by atoms with Gasteiger partial charge in [-0.05, 0) is 48.9 Å². The van der Waals surface area contributed by atoms with Gasteiger partial charge in [-0.25, -0.2) is 0 Å². The lowest BCUT2D eigenvalue weighted by atomic mass is 9.92. The molecule has 0 N–H and O–H groups in total. The van der Waals surface area contributed by atoms with Gasteiger partial charge in [-0.1, -0.05) is 17.7 Å². The van der Waals surface area contributed by atoms with Crippen molar-refractivity contribution < 1.29 is 4.74 Å². The first kappa shape index (κ1) is 11.5. The van der Waals surface area contributed by atoms with E-state index in [1.54, 1.807) is 6.20 Å². The maximum atomic E-state index is 5.77. The Morgan fingerprint density at radius 2 is 1.89 bits per heavy atom. The molecule has 0 atom stereocenters. The first-order valence-electron chi connectivity index (χ1n) is 6.08. The van der Waals surface area contributed by atoms with Crippen LogP contribution in [0.4, 0.5) is 0 Å². The molecule has 0 bridgehead atoms. The van der Waals surface area contributed by atoms with Crippen molar-refractivity contribution in [2.24, 2.45) is 0 Å². The Balaban J connectivity index is 1.85. The molecule has 4 heteroatoms. The number of rotatable bonds is 2. The third-order valence-corrected chi connectivity index (χ3v) is 3.31. The van der Waals surface area contributed by atoms with Crippen LogP contribution in [0.2, 0.25) is 5.15 Å². The molecule has 18 heavy (non-hydrogen) atoms. The largest absolute Gasteiger partial charge is 0.437 e. The van der Waals surface area contributed by atoms with Crippen LogP contribution < -0.4 is 4.74 Å². The SMILES string of the molecule is Clc1cncc(Oc2ccc3c(c2)CCCC3)n1. The number of aryl methyl sites for hydroxylation is 2. The lowest BCUT2D eigenvalue weighted by molar-refractivity contribution is 0.458. The molecule has 92 valence electrons. The number of fused-ring (bicyclic) bond motifs is 1. The van der Waals surface area contributed by atoms with Crippen molar-refractivity contribution in [3.8, 4) is 11.6 Å². The topological polar surface area (TPSA) is 35.0 Å². The smallest absolute Gasteiger partial charge is 0.239 e. The summed E-state index contributed by atoms with van der Waals surface area (Å²) in [6.45, 7) is 0. The zero-order chi connectivity index (χ0) is 12.4. The molecule has 3 nitrogen and oxygen atoms in total. The van der Waals surface area contributed by atoms with E-state index in [0.717, 1.165) is 12.2 Å². The molecular formula is C14H13ClN2O. The van der Waals surface area contributed by atoms with Crippen molar-refractivity contribution in [1.82, 2.24) is 9.97 Å². The molecule has 0 unspecified atom stereocenters. The van der Waals surface area contributed by atoms with Gasteiger partial charge < -0.3 is 4.74 Å². The van der Waals surface area contributed by atoms with E-state index in [1.807, 2.05) is 6.07 Å². The summed E-state index contributed by atoms with van der Waals surface area (Å²) in [6.07, 6.45) is 7.90. The number of ether oxygens (including phenoxy) is 1. The summed E-state index contributed by atoms with van der Waals surface area (Å²) >= 11 is 5.77. The summed E-state index contributed by atoms with van der Waals surface area (Å²) < 4.78 is 5.67. The predicted octanol–water partition coefficient (Wildman–Crippen LogP) is 3.80. The minimum Gasteiger partial charge on any atom is -0.437 e. The molecule has 1 aliphatic carbocycles. The molecule has 1 aromatic carbocycles. The summed E-state index contributed by atoms with van der Waals surface area (Å²) in [7, 11) is 0. The second kappa shape index (κ2) is 4.94. The first-order chi connectivity index (χ1) is 8.81. The van der Waals surface area contributed by atoms with E-state index in [2.05, 4.69) is 22.1 Å². The molecule has 1 heterocycles. The number of nitrogens with zero attached hydrogens (tertiary/aromatic N) is 2. The van der Waals surface area contributed by atoms with Crippen LogP contribution in [-0.2, 0) is 12.8 Å². The van der Waals surface area contributed by atoms with Gasteiger partial charge in [0.25, 0.3) is 0 Å². The van der Waals surface area contributed by atoms with Gasteiger partial charge in [0, 0.05) is 0 Å². The highest BCUT2D eigenvalue weighted by Crippen LogP contribution is 2.27. The van der Waals surface area contributed by atoms with E-state index in [9.17, 15) is 0 Å². The minimum absolute atomic E-state index is 0.338. The zero-order valence-corrected chi connectivity index (χ0v) is 10.7. The molecule has 0 fully saturated rings. The molecule has 0 radical (unpaired) electrons. The van der Waals surface area contributed by atoms with Gasteiger partial charge in [-0.2, -0.15) is 4.98 Å². The van der Waals surface area contributed by atoms with Gasteiger partial charge in [0.15, 0.2) is 5.15 Å². The molecular weight excluding hydrogens is 248 g/mol. The maximum absolute atomic E-state index is 5.77. The van der Waals surface area contributed by atoms with Crippen molar-refractivity contribution in [1.29, 1.82) is 0 Å². The highest BCUT2D eigenvalue weighted by Gasteiger charge is 2.10. The third-order valence-electron chi connectivity index (χ3n) is 3.13. The van der Waals surface area contributed by atoms with E-state index in [-0.39, 0.29) is 0 Å². The van der Waals surface area contributed by atoms with Crippen LogP contribution in [0.5, 0.6) is 11.6 Å². The monoisotopic (exact) mass is 260 g/mol. The van der Waals surface area contributed by atoms with Crippen LogP contribution in [0.3, 0.4) is 0 Å². The van der Waals surface area contributed by atoms with Crippen molar-refractivity contribution in [3.05, 3.63) is 46.9 Å². The predicted molar refractivity (Wildman–Crippen MR) is 70.2 cm³/mol. The van der Waals surface area contributed by atoms with Crippen LogP contribution in [-0.4, -0.2) is 9.97 Å². The Labute approximate surface area is 111 Å². The second-order valence-electron chi connectivity index (χ2n) is 4.42. The van der Waals surface area contributed by atoms with Crippen LogP contribution in [0.15, 0.2) is 30.6 Å². The Hall–Kier alpha value is -1.61. The summed E-state index contributed by atoms with van der Waals surface area (Å²) in [4.78, 5) is 8.01. The first-order valence-corrected chi connectivity index (χ1v) is 6.46. The molecule has 0 aliphatic heterocycles. The Morgan fingerprint density at radius 3 is 2.72 bits per heavy atom. The van der Waals surface area contributed by atoms with E-state index in [4.69, 9.17) is 16.3 Å². The summed E-state index contributed by atoms with van der Waals surface area (Å²) in [5.74, 6) is 1.23. The van der Waals surface area contributed by atoms with Gasteiger partial charge in [0.05, 0.1) is 12.4 Å². The standard InChI is InChI=1S/C14H13ClN2O/c15-13-8-16-9-14(17-13)18-12-6-5-10-3-1-2-4-11(10)7-12/h5-9H,1-4H2. The highest BCUT2D eigenvalue weighted by molar-refractivity contribution is 6.29. The minimum atomic E-state index is 0.338. The fraction of sp³-hybridized carbons (Fsp3) is 0.286. The normalized spacial score (nSPS) is 14.1. The van der Waals surface area contributed by atoms with Gasteiger partial charge in [0.2, 0.25) is 5.88 Å². The van der Waals surface area contributed by atoms with E-state index in [0.29, 0.717) is 11.0 Å². The molecule has 1 aliphatic rings. The number of aromatic nitrogens is 2. The molecule has 0 amide bonds. The van der Waals surface area contributed by atoms with Gasteiger partial charge in [-0.3, -0.25) is 4.98 Å². The van der Waals surface area contributed by atoms with Crippen molar-refractivity contribution in [2.75, 3.05) is 0 Å². The zero-order valence-electron chi connectivity index (χ0n) is 9.90. The van der Waals surface area contributed by atoms with Crippen molar-refractivity contribution in [2.45, 2.75) is 25.7 Å². The number of benzene rings is 1. The van der Waals surface area contributed by atoms with Crippen LogP contribution in [0, 0.1) is 0 Å². The fourth-order valence-corrected chi connectivity index (χ4v) is 2.41. The third kappa shape index (κ3) is 2.46. The lowest BCUT2D eigenvalue weighted by Crippen LogP contribution is -2.02. The molecule has 1 aromatic heterocycles. The van der Waals surface area contributed by atoms with Gasteiger partial charge >= 0.3 is 0 Å². The Bertz CT molecular complexity index is 571. The number of halogens is 1. The van der Waals surface area contributed by atoms with E-state index in [1.165, 1.54) is 36.6 Å². The van der Waals surface area contributed by atoms with Crippen LogP contribution in [0.1, 0.15) is 24.0 Å². The molecule has 3 rings (SSSR count). The van der Waals surface area contributed by atoms with Crippen molar-refractivity contribution in [3.63, 3.8) is 0 Å². The highest BCUT2D eigenvalue weighted by atomic mass is 35.5. The van der Waals surface area contributed by atoms with Gasteiger partial charge in [0.1, 0.15) is 5.75 Å². The summed E-state index contributed by atoms with van der Waals surface area (Å²) in [5.41, 5.74) is 2.82. The fourth-order valence-electron chi connectivity index (χ4n) is 2.27. The average molecular weight is 261 g/mol. The Kier molecular flexibility index (Phi) is 3.15. The molecule has 0 spiro atoms. The summed E-state index contributed by atoms with van der Waals surface area (Å²) in [6, 6.07) is 6.21. The lowest BCUT2D eigenvalue weighted by Gasteiger charge is -2.16. The van der Waals surface area contributed by atoms with E-state index < -0.39 is 0 Å². The van der Waals surface area contributed by atoms with E-state index >= 15 is 0 Å². The van der Waals surface area contributed by atoms with Crippen LogP contribution >= 0.6 is 11.6 Å². The van der Waals surface area contributed by atoms with Crippen LogP contribution in [0.25, 0.3) is 0 Å². The number of hydrogen-bond donors (Lipinski definition) is 0. The quantitative estimate of drug-likeness (QED) is 0.824. The number of hydrogen-bond acceptors (Lipinski definition) is 3. The molecule has 0 saturated carbocycles. The molecule has 0 saturated heterocycles. The Morgan fingerprint density at radius 1 is 1.06 bits per heavy atom. The molecule has 2 aromatic rings. The van der Waals surface area contributed by atoms with Crippen molar-refractivity contribution >= 4 is 11.6 Å². The average Bonchev–Trinajstić information content (AvgIpc) is 2.39. The van der Waals surface area contributed by atoms with Gasteiger partial charge in [-0.15, -0.1) is 0 Å². The second-order valence-corrected chi connectivity index (χ2v) is 4.81. The summed E-state index contributed by atoms with van der Waals surface area (Å²) in [5, 5.41) is 0.338. The maximum Gasteiger partial charge on any atom is 0.239 e.